The van der Waals surface area contributed by atoms with Crippen LogP contribution in [0.25, 0.3) is 0 Å². The van der Waals surface area contributed by atoms with Crippen molar-refractivity contribution in [3.63, 3.8) is 0 Å². The minimum atomic E-state index is -0.0545. The Balaban J connectivity index is 1.88. The standard InChI is InChI=1S/C18H27N3O2/c1-14(2)20(3)17(22)13-21-11-7-8-15(12-21)18(23)19-16-9-5-4-6-10-16/h4-6,9-10,14-15H,7-8,11-13H2,1-3H3,(H,19,23). The number of rotatable bonds is 5. The van der Waals surface area contributed by atoms with Crippen molar-refractivity contribution in [1.82, 2.24) is 9.80 Å². The molecule has 1 aromatic carbocycles. The van der Waals surface area contributed by atoms with E-state index in [0.717, 1.165) is 25.1 Å². The minimum absolute atomic E-state index is 0.0468. The molecule has 0 saturated carbocycles. The molecule has 2 amide bonds. The zero-order valence-corrected chi connectivity index (χ0v) is 14.3. The molecule has 5 heteroatoms. The average molecular weight is 317 g/mol. The topological polar surface area (TPSA) is 52.7 Å². The Hall–Kier alpha value is -1.88. The van der Waals surface area contributed by atoms with Crippen molar-refractivity contribution in [3.05, 3.63) is 30.3 Å². The van der Waals surface area contributed by atoms with E-state index in [1.165, 1.54) is 0 Å². The smallest absolute Gasteiger partial charge is 0.236 e. The van der Waals surface area contributed by atoms with Gasteiger partial charge in [-0.3, -0.25) is 14.5 Å². The summed E-state index contributed by atoms with van der Waals surface area (Å²) in [5, 5.41) is 2.97. The van der Waals surface area contributed by atoms with Gasteiger partial charge in [0.25, 0.3) is 0 Å². The van der Waals surface area contributed by atoms with Crippen molar-refractivity contribution in [2.45, 2.75) is 32.7 Å². The third-order valence-electron chi connectivity index (χ3n) is 4.44. The van der Waals surface area contributed by atoms with E-state index in [1.807, 2.05) is 51.2 Å². The Bertz CT molecular complexity index is 530. The summed E-state index contributed by atoms with van der Waals surface area (Å²) in [6, 6.07) is 9.71. The second-order valence-electron chi connectivity index (χ2n) is 6.53. The van der Waals surface area contributed by atoms with E-state index < -0.39 is 0 Å². The lowest BCUT2D eigenvalue weighted by Crippen LogP contribution is -2.46. The molecule has 1 aliphatic rings. The van der Waals surface area contributed by atoms with Crippen molar-refractivity contribution in [1.29, 1.82) is 0 Å². The van der Waals surface area contributed by atoms with Crippen LogP contribution < -0.4 is 5.32 Å². The summed E-state index contributed by atoms with van der Waals surface area (Å²) in [6.07, 6.45) is 1.83. The molecule has 1 heterocycles. The van der Waals surface area contributed by atoms with Crippen LogP contribution in [0.2, 0.25) is 0 Å². The van der Waals surface area contributed by atoms with Crippen LogP contribution >= 0.6 is 0 Å². The molecule has 0 spiro atoms. The lowest BCUT2D eigenvalue weighted by molar-refractivity contribution is -0.134. The van der Waals surface area contributed by atoms with Crippen molar-refractivity contribution >= 4 is 17.5 Å². The minimum Gasteiger partial charge on any atom is -0.342 e. The number of nitrogens with zero attached hydrogens (tertiary/aromatic N) is 2. The van der Waals surface area contributed by atoms with Gasteiger partial charge in [-0.1, -0.05) is 18.2 Å². The number of likely N-dealkylation sites (tertiary alicyclic amines) is 1. The summed E-state index contributed by atoms with van der Waals surface area (Å²) in [6.45, 7) is 5.93. The maximum atomic E-state index is 12.4. The van der Waals surface area contributed by atoms with Gasteiger partial charge in [0.05, 0.1) is 12.5 Å². The van der Waals surface area contributed by atoms with E-state index in [-0.39, 0.29) is 23.8 Å². The summed E-state index contributed by atoms with van der Waals surface area (Å²) >= 11 is 0. The van der Waals surface area contributed by atoms with Crippen LogP contribution in [0.3, 0.4) is 0 Å². The van der Waals surface area contributed by atoms with Crippen LogP contribution in [0.15, 0.2) is 30.3 Å². The molecule has 126 valence electrons. The van der Waals surface area contributed by atoms with Crippen LogP contribution in [-0.2, 0) is 9.59 Å². The van der Waals surface area contributed by atoms with E-state index in [9.17, 15) is 9.59 Å². The Morgan fingerprint density at radius 1 is 1.30 bits per heavy atom. The van der Waals surface area contributed by atoms with Gasteiger partial charge in [-0.15, -0.1) is 0 Å². The number of amides is 2. The number of anilines is 1. The fourth-order valence-corrected chi connectivity index (χ4v) is 2.77. The molecule has 1 fully saturated rings. The molecule has 1 saturated heterocycles. The highest BCUT2D eigenvalue weighted by atomic mass is 16.2. The monoisotopic (exact) mass is 317 g/mol. The van der Waals surface area contributed by atoms with Gasteiger partial charge in [0, 0.05) is 25.3 Å². The summed E-state index contributed by atoms with van der Waals surface area (Å²) in [5.74, 6) is 0.107. The van der Waals surface area contributed by atoms with Gasteiger partial charge in [0.2, 0.25) is 11.8 Å². The molecule has 2 rings (SSSR count). The van der Waals surface area contributed by atoms with Crippen molar-refractivity contribution in [2.75, 3.05) is 32.0 Å². The first-order chi connectivity index (χ1) is 11.0. The molecule has 1 aromatic rings. The van der Waals surface area contributed by atoms with Gasteiger partial charge in [0.15, 0.2) is 0 Å². The van der Waals surface area contributed by atoms with Gasteiger partial charge in [0.1, 0.15) is 0 Å². The Labute approximate surface area is 138 Å². The zero-order valence-electron chi connectivity index (χ0n) is 14.3. The number of hydrogen-bond acceptors (Lipinski definition) is 3. The number of benzene rings is 1. The third-order valence-corrected chi connectivity index (χ3v) is 4.44. The van der Waals surface area contributed by atoms with E-state index >= 15 is 0 Å². The van der Waals surface area contributed by atoms with Gasteiger partial charge >= 0.3 is 0 Å². The van der Waals surface area contributed by atoms with Crippen LogP contribution in [0.5, 0.6) is 0 Å². The number of hydrogen-bond donors (Lipinski definition) is 1. The Kier molecular flexibility index (Phi) is 6.16. The lowest BCUT2D eigenvalue weighted by atomic mass is 9.97. The largest absolute Gasteiger partial charge is 0.342 e. The molecule has 0 aliphatic carbocycles. The fourth-order valence-electron chi connectivity index (χ4n) is 2.77. The van der Waals surface area contributed by atoms with Gasteiger partial charge < -0.3 is 10.2 Å². The maximum absolute atomic E-state index is 12.4. The highest BCUT2D eigenvalue weighted by molar-refractivity contribution is 5.92. The molecule has 0 bridgehead atoms. The molecule has 23 heavy (non-hydrogen) atoms. The van der Waals surface area contributed by atoms with E-state index in [0.29, 0.717) is 13.1 Å². The summed E-state index contributed by atoms with van der Waals surface area (Å²) in [7, 11) is 1.83. The summed E-state index contributed by atoms with van der Waals surface area (Å²) in [4.78, 5) is 28.5. The lowest BCUT2D eigenvalue weighted by Gasteiger charge is -2.33. The first kappa shape index (κ1) is 17.5. The van der Waals surface area contributed by atoms with Gasteiger partial charge in [-0.2, -0.15) is 0 Å². The van der Waals surface area contributed by atoms with Crippen LogP contribution in [-0.4, -0.2) is 54.3 Å². The number of piperidine rings is 1. The second-order valence-corrected chi connectivity index (χ2v) is 6.53. The van der Waals surface area contributed by atoms with Crippen LogP contribution in [0.4, 0.5) is 5.69 Å². The van der Waals surface area contributed by atoms with Crippen molar-refractivity contribution in [2.24, 2.45) is 5.92 Å². The van der Waals surface area contributed by atoms with Gasteiger partial charge in [-0.25, -0.2) is 0 Å². The Morgan fingerprint density at radius 3 is 2.65 bits per heavy atom. The molecule has 1 N–H and O–H groups in total. The molecule has 0 radical (unpaired) electrons. The quantitative estimate of drug-likeness (QED) is 0.906. The molecular formula is C18H27N3O2. The van der Waals surface area contributed by atoms with E-state index in [1.54, 1.807) is 4.90 Å². The first-order valence-corrected chi connectivity index (χ1v) is 8.31. The van der Waals surface area contributed by atoms with E-state index in [2.05, 4.69) is 10.2 Å². The molecular weight excluding hydrogens is 290 g/mol. The van der Waals surface area contributed by atoms with Crippen molar-refractivity contribution < 1.29 is 9.59 Å². The average Bonchev–Trinajstić information content (AvgIpc) is 2.55. The highest BCUT2D eigenvalue weighted by Crippen LogP contribution is 2.19. The molecule has 5 nitrogen and oxygen atoms in total. The SMILES string of the molecule is CC(C)N(C)C(=O)CN1CCCC(C(=O)Nc2ccccc2)C1. The molecule has 1 aliphatic heterocycles. The third kappa shape index (κ3) is 5.06. The van der Waals surface area contributed by atoms with Crippen LogP contribution in [0.1, 0.15) is 26.7 Å². The summed E-state index contributed by atoms with van der Waals surface area (Å²) in [5.41, 5.74) is 0.824. The number of carbonyl (C=O) groups excluding carboxylic acids is 2. The highest BCUT2D eigenvalue weighted by Gasteiger charge is 2.27. The summed E-state index contributed by atoms with van der Waals surface area (Å²) < 4.78 is 0. The second kappa shape index (κ2) is 8.11. The number of likely N-dealkylation sites (N-methyl/N-ethyl adjacent to an activating group) is 1. The predicted octanol–water partition coefficient (Wildman–Crippen LogP) is 2.20. The molecule has 0 aromatic heterocycles. The van der Waals surface area contributed by atoms with Crippen molar-refractivity contribution in [3.8, 4) is 0 Å². The number of para-hydroxylation sites is 1. The normalized spacial score (nSPS) is 18.7. The zero-order chi connectivity index (χ0) is 16.8. The molecule has 1 unspecified atom stereocenters. The maximum Gasteiger partial charge on any atom is 0.236 e. The fraction of sp³-hybridized carbons (Fsp3) is 0.556. The predicted molar refractivity (Wildman–Crippen MR) is 92.1 cm³/mol. The van der Waals surface area contributed by atoms with E-state index in [4.69, 9.17) is 0 Å². The first-order valence-electron chi connectivity index (χ1n) is 8.31. The number of nitrogens with one attached hydrogen (secondary N) is 1. The number of carbonyl (C=O) groups is 2. The Morgan fingerprint density at radius 2 is 2.00 bits per heavy atom. The molecule has 1 atom stereocenters. The van der Waals surface area contributed by atoms with Crippen LogP contribution in [0, 0.1) is 5.92 Å². The van der Waals surface area contributed by atoms with Gasteiger partial charge in [-0.05, 0) is 45.4 Å².